The van der Waals surface area contributed by atoms with Crippen molar-refractivity contribution in [3.05, 3.63) is 0 Å². The van der Waals surface area contributed by atoms with E-state index in [-0.39, 0.29) is 18.0 Å². The van der Waals surface area contributed by atoms with E-state index in [4.69, 9.17) is 4.74 Å². The minimum absolute atomic E-state index is 0.0927. The van der Waals surface area contributed by atoms with Gasteiger partial charge >= 0.3 is 6.09 Å². The standard InChI is InChI=1S/C14H28N2O3/c1-11(2)16-12(17)9-7-6-8-10-15-13(18)19-14(3,4)5/h11H,6-10H2,1-5H3,(H,15,18)(H,16,17). The first-order valence-corrected chi connectivity index (χ1v) is 6.97. The van der Waals surface area contributed by atoms with E-state index in [2.05, 4.69) is 10.6 Å². The Labute approximate surface area is 116 Å². The van der Waals surface area contributed by atoms with Gasteiger partial charge in [-0.15, -0.1) is 0 Å². The Bertz CT molecular complexity index is 283. The molecule has 0 aromatic rings. The highest BCUT2D eigenvalue weighted by atomic mass is 16.6. The lowest BCUT2D eigenvalue weighted by Crippen LogP contribution is -2.33. The molecular weight excluding hydrogens is 244 g/mol. The molecule has 0 aromatic carbocycles. The van der Waals surface area contributed by atoms with Gasteiger partial charge in [-0.05, 0) is 47.5 Å². The van der Waals surface area contributed by atoms with Crippen LogP contribution in [-0.2, 0) is 9.53 Å². The Morgan fingerprint density at radius 3 is 2.26 bits per heavy atom. The summed E-state index contributed by atoms with van der Waals surface area (Å²) in [7, 11) is 0. The van der Waals surface area contributed by atoms with Gasteiger partial charge in [-0.3, -0.25) is 4.79 Å². The third-order valence-corrected chi connectivity index (χ3v) is 2.20. The van der Waals surface area contributed by atoms with Gasteiger partial charge in [0.1, 0.15) is 5.60 Å². The number of carbonyl (C=O) groups excluding carboxylic acids is 2. The van der Waals surface area contributed by atoms with E-state index in [9.17, 15) is 9.59 Å². The summed E-state index contributed by atoms with van der Waals surface area (Å²) in [4.78, 5) is 22.7. The van der Waals surface area contributed by atoms with E-state index in [1.54, 1.807) is 0 Å². The number of amides is 2. The Hall–Kier alpha value is -1.26. The summed E-state index contributed by atoms with van der Waals surface area (Å²) in [6, 6.07) is 0.196. The molecule has 0 atom stereocenters. The van der Waals surface area contributed by atoms with Gasteiger partial charge in [-0.2, -0.15) is 0 Å². The van der Waals surface area contributed by atoms with Gasteiger partial charge in [0, 0.05) is 19.0 Å². The van der Waals surface area contributed by atoms with Crippen LogP contribution in [0.5, 0.6) is 0 Å². The van der Waals surface area contributed by atoms with Crippen molar-refractivity contribution in [2.45, 2.75) is 71.9 Å². The monoisotopic (exact) mass is 272 g/mol. The van der Waals surface area contributed by atoms with E-state index < -0.39 is 5.60 Å². The average molecular weight is 272 g/mol. The molecule has 0 aliphatic heterocycles. The van der Waals surface area contributed by atoms with Crippen molar-refractivity contribution in [1.29, 1.82) is 0 Å². The lowest BCUT2D eigenvalue weighted by atomic mass is 10.2. The molecule has 5 heteroatoms. The summed E-state index contributed by atoms with van der Waals surface area (Å²) in [5.41, 5.74) is -0.459. The van der Waals surface area contributed by atoms with Crippen molar-refractivity contribution in [3.63, 3.8) is 0 Å². The molecule has 112 valence electrons. The minimum atomic E-state index is -0.459. The quantitative estimate of drug-likeness (QED) is 0.700. The maximum Gasteiger partial charge on any atom is 0.407 e. The first-order valence-electron chi connectivity index (χ1n) is 6.97. The Balaban J connectivity index is 3.46. The number of rotatable bonds is 7. The maximum absolute atomic E-state index is 11.4. The van der Waals surface area contributed by atoms with Crippen molar-refractivity contribution < 1.29 is 14.3 Å². The average Bonchev–Trinajstić information content (AvgIpc) is 2.19. The van der Waals surface area contributed by atoms with Crippen LogP contribution >= 0.6 is 0 Å². The lowest BCUT2D eigenvalue weighted by molar-refractivity contribution is -0.121. The molecular formula is C14H28N2O3. The SMILES string of the molecule is CC(C)NC(=O)CCCCCNC(=O)OC(C)(C)C. The summed E-state index contributed by atoms with van der Waals surface area (Å²) in [5, 5.41) is 5.55. The van der Waals surface area contributed by atoms with Gasteiger partial charge in [-0.25, -0.2) is 4.79 Å². The van der Waals surface area contributed by atoms with Crippen molar-refractivity contribution in [1.82, 2.24) is 10.6 Å². The molecule has 2 N–H and O–H groups in total. The number of nitrogens with one attached hydrogen (secondary N) is 2. The van der Waals surface area contributed by atoms with Crippen LogP contribution in [0.15, 0.2) is 0 Å². The van der Waals surface area contributed by atoms with Crippen LogP contribution in [-0.4, -0.2) is 30.2 Å². The molecule has 0 aliphatic rings. The number of unbranched alkanes of at least 4 members (excludes halogenated alkanes) is 2. The molecule has 0 aliphatic carbocycles. The van der Waals surface area contributed by atoms with Crippen molar-refractivity contribution >= 4 is 12.0 Å². The molecule has 0 rings (SSSR count). The molecule has 5 nitrogen and oxygen atoms in total. The van der Waals surface area contributed by atoms with Gasteiger partial charge in [0.15, 0.2) is 0 Å². The predicted molar refractivity (Wildman–Crippen MR) is 76.0 cm³/mol. The van der Waals surface area contributed by atoms with E-state index in [0.717, 1.165) is 19.3 Å². The highest BCUT2D eigenvalue weighted by molar-refractivity contribution is 5.76. The van der Waals surface area contributed by atoms with Gasteiger partial charge < -0.3 is 15.4 Å². The first kappa shape index (κ1) is 17.7. The number of hydrogen-bond acceptors (Lipinski definition) is 3. The van der Waals surface area contributed by atoms with Gasteiger partial charge in [0.2, 0.25) is 5.91 Å². The van der Waals surface area contributed by atoms with E-state index in [1.165, 1.54) is 0 Å². The molecule has 2 amide bonds. The second-order valence-electron chi connectivity index (χ2n) is 5.96. The molecule has 0 unspecified atom stereocenters. The second kappa shape index (κ2) is 8.77. The van der Waals surface area contributed by atoms with Crippen LogP contribution in [0.3, 0.4) is 0 Å². The fraction of sp³-hybridized carbons (Fsp3) is 0.857. The number of carbonyl (C=O) groups is 2. The summed E-state index contributed by atoms with van der Waals surface area (Å²) < 4.78 is 5.11. The molecule has 0 heterocycles. The van der Waals surface area contributed by atoms with E-state index in [1.807, 2.05) is 34.6 Å². The van der Waals surface area contributed by atoms with Crippen LogP contribution in [0.4, 0.5) is 4.79 Å². The van der Waals surface area contributed by atoms with Gasteiger partial charge in [0.05, 0.1) is 0 Å². The van der Waals surface area contributed by atoms with Crippen LogP contribution in [0.25, 0.3) is 0 Å². The van der Waals surface area contributed by atoms with E-state index in [0.29, 0.717) is 13.0 Å². The van der Waals surface area contributed by atoms with Crippen molar-refractivity contribution in [2.75, 3.05) is 6.54 Å². The Kier molecular flexibility index (Phi) is 8.19. The Morgan fingerprint density at radius 1 is 1.11 bits per heavy atom. The zero-order chi connectivity index (χ0) is 14.9. The molecule has 0 aromatic heterocycles. The Morgan fingerprint density at radius 2 is 1.74 bits per heavy atom. The smallest absolute Gasteiger partial charge is 0.407 e. The number of alkyl carbamates (subject to hydrolysis) is 1. The maximum atomic E-state index is 11.4. The molecule has 0 spiro atoms. The molecule has 0 radical (unpaired) electrons. The largest absolute Gasteiger partial charge is 0.444 e. The first-order chi connectivity index (χ1) is 8.70. The second-order valence-corrected chi connectivity index (χ2v) is 5.96. The van der Waals surface area contributed by atoms with Crippen LogP contribution in [0.1, 0.15) is 60.3 Å². The third-order valence-electron chi connectivity index (χ3n) is 2.20. The molecule has 0 bridgehead atoms. The molecule has 0 fully saturated rings. The van der Waals surface area contributed by atoms with Crippen LogP contribution in [0.2, 0.25) is 0 Å². The molecule has 19 heavy (non-hydrogen) atoms. The van der Waals surface area contributed by atoms with Crippen molar-refractivity contribution in [3.8, 4) is 0 Å². The fourth-order valence-electron chi connectivity index (χ4n) is 1.49. The lowest BCUT2D eigenvalue weighted by Gasteiger charge is -2.19. The zero-order valence-electron chi connectivity index (χ0n) is 12.8. The predicted octanol–water partition coefficient (Wildman–Crippen LogP) is 2.60. The summed E-state index contributed by atoms with van der Waals surface area (Å²) in [6.07, 6.45) is 2.78. The summed E-state index contributed by atoms with van der Waals surface area (Å²) >= 11 is 0. The topological polar surface area (TPSA) is 67.4 Å². The minimum Gasteiger partial charge on any atom is -0.444 e. The zero-order valence-corrected chi connectivity index (χ0v) is 12.8. The molecule has 0 saturated heterocycles. The fourth-order valence-corrected chi connectivity index (χ4v) is 1.49. The highest BCUT2D eigenvalue weighted by Gasteiger charge is 2.15. The highest BCUT2D eigenvalue weighted by Crippen LogP contribution is 2.06. The third kappa shape index (κ3) is 13.0. The van der Waals surface area contributed by atoms with Gasteiger partial charge in [-0.1, -0.05) is 6.42 Å². The van der Waals surface area contributed by atoms with Crippen LogP contribution in [0, 0.1) is 0 Å². The number of ether oxygens (including phenoxy) is 1. The van der Waals surface area contributed by atoms with Crippen molar-refractivity contribution in [2.24, 2.45) is 0 Å². The summed E-state index contributed by atoms with van der Waals surface area (Å²) in [6.45, 7) is 9.98. The summed E-state index contributed by atoms with van der Waals surface area (Å²) in [5.74, 6) is 0.0927. The molecule has 0 saturated carbocycles. The number of hydrogen-bond donors (Lipinski definition) is 2. The van der Waals surface area contributed by atoms with Crippen LogP contribution < -0.4 is 10.6 Å². The normalized spacial score (nSPS) is 11.3. The van der Waals surface area contributed by atoms with Gasteiger partial charge in [0.25, 0.3) is 0 Å². The van der Waals surface area contributed by atoms with E-state index >= 15 is 0 Å².